The van der Waals surface area contributed by atoms with Crippen molar-refractivity contribution in [2.75, 3.05) is 25.0 Å². The molecule has 21 heavy (non-hydrogen) atoms. The zero-order valence-electron chi connectivity index (χ0n) is 13.0. The van der Waals surface area contributed by atoms with Crippen LogP contribution in [0.2, 0.25) is 0 Å². The van der Waals surface area contributed by atoms with Crippen molar-refractivity contribution in [2.45, 2.75) is 43.7 Å². The molecular weight excluding hydrogens is 286 g/mol. The number of sulfonamides is 1. The zero-order valence-corrected chi connectivity index (χ0v) is 13.8. The van der Waals surface area contributed by atoms with Crippen molar-refractivity contribution in [3.8, 4) is 0 Å². The second kappa shape index (κ2) is 6.77. The lowest BCUT2D eigenvalue weighted by molar-refractivity contribution is 0.548. The van der Waals surface area contributed by atoms with E-state index < -0.39 is 10.0 Å². The molecule has 1 aliphatic rings. The van der Waals surface area contributed by atoms with Gasteiger partial charge in [-0.15, -0.1) is 0 Å². The Bertz CT molecular complexity index is 566. The van der Waals surface area contributed by atoms with Crippen LogP contribution in [0.25, 0.3) is 0 Å². The molecule has 1 unspecified atom stereocenters. The molecule has 2 rings (SSSR count). The maximum absolute atomic E-state index is 12.2. The quantitative estimate of drug-likeness (QED) is 0.837. The lowest BCUT2D eigenvalue weighted by atomic mass is 10.1. The van der Waals surface area contributed by atoms with Gasteiger partial charge < -0.3 is 10.2 Å². The monoisotopic (exact) mass is 311 g/mol. The maximum atomic E-state index is 12.2. The van der Waals surface area contributed by atoms with Gasteiger partial charge in [0.2, 0.25) is 10.0 Å². The van der Waals surface area contributed by atoms with E-state index in [2.05, 4.69) is 28.8 Å². The summed E-state index contributed by atoms with van der Waals surface area (Å²) in [4.78, 5) is 2.52. The predicted molar refractivity (Wildman–Crippen MR) is 86.2 cm³/mol. The van der Waals surface area contributed by atoms with Crippen molar-refractivity contribution < 1.29 is 8.42 Å². The smallest absolute Gasteiger partial charge is 0.242 e. The van der Waals surface area contributed by atoms with Crippen molar-refractivity contribution in [1.82, 2.24) is 10.0 Å². The molecular formula is C15H25N3O2S. The van der Waals surface area contributed by atoms with Crippen molar-refractivity contribution in [3.05, 3.63) is 24.3 Å². The summed E-state index contributed by atoms with van der Waals surface area (Å²) >= 11 is 0. The first-order valence-electron chi connectivity index (χ1n) is 7.48. The molecule has 0 amide bonds. The molecule has 1 aromatic rings. The van der Waals surface area contributed by atoms with Crippen LogP contribution in [0.4, 0.5) is 5.69 Å². The minimum Gasteiger partial charge on any atom is -0.366 e. The summed E-state index contributed by atoms with van der Waals surface area (Å²) in [6.07, 6.45) is 2.33. The molecule has 0 saturated carbocycles. The normalized spacial score (nSPS) is 19.1. The van der Waals surface area contributed by atoms with Gasteiger partial charge >= 0.3 is 0 Å². The number of anilines is 1. The first-order valence-corrected chi connectivity index (χ1v) is 8.96. The van der Waals surface area contributed by atoms with Gasteiger partial charge in [0.25, 0.3) is 0 Å². The van der Waals surface area contributed by atoms with E-state index in [-0.39, 0.29) is 6.04 Å². The minimum atomic E-state index is -3.45. The van der Waals surface area contributed by atoms with E-state index in [1.807, 2.05) is 12.1 Å². The number of hydrogen-bond acceptors (Lipinski definition) is 4. The molecule has 1 aliphatic heterocycles. The summed E-state index contributed by atoms with van der Waals surface area (Å²) in [6.45, 7) is 6.07. The molecule has 0 spiro atoms. The predicted octanol–water partition coefficient (Wildman–Crippen LogP) is 1.56. The molecule has 0 aromatic heterocycles. The highest BCUT2D eigenvalue weighted by Gasteiger charge is 2.25. The minimum absolute atomic E-state index is 0.237. The third kappa shape index (κ3) is 3.75. The highest BCUT2D eigenvalue weighted by Crippen LogP contribution is 2.27. The fourth-order valence-electron chi connectivity index (χ4n) is 2.77. The standard InChI is InChI=1S/C15H25N3O2S/c1-12(2)18(11-13-7-6-10-17-13)14-8-4-5-9-15(14)21(19,20)16-3/h4-5,8-9,12-13,16-17H,6-7,10-11H2,1-3H3. The van der Waals surface area contributed by atoms with Crippen molar-refractivity contribution in [2.24, 2.45) is 0 Å². The lowest BCUT2D eigenvalue weighted by Crippen LogP contribution is -2.42. The molecule has 118 valence electrons. The summed E-state index contributed by atoms with van der Waals surface area (Å²) < 4.78 is 26.9. The number of hydrogen-bond donors (Lipinski definition) is 2. The van der Waals surface area contributed by atoms with Crippen LogP contribution in [0.1, 0.15) is 26.7 Å². The summed E-state index contributed by atoms with van der Waals surface area (Å²) in [5.41, 5.74) is 0.774. The molecule has 5 nitrogen and oxygen atoms in total. The van der Waals surface area contributed by atoms with Crippen LogP contribution in [0.5, 0.6) is 0 Å². The fraction of sp³-hybridized carbons (Fsp3) is 0.600. The average Bonchev–Trinajstić information content (AvgIpc) is 2.97. The Labute approximate surface area is 127 Å². The van der Waals surface area contributed by atoms with E-state index in [9.17, 15) is 8.42 Å². The molecule has 1 atom stereocenters. The van der Waals surface area contributed by atoms with E-state index in [1.165, 1.54) is 13.5 Å². The van der Waals surface area contributed by atoms with Crippen molar-refractivity contribution in [1.29, 1.82) is 0 Å². The zero-order chi connectivity index (χ0) is 15.5. The van der Waals surface area contributed by atoms with Crippen LogP contribution < -0.4 is 14.9 Å². The topological polar surface area (TPSA) is 61.4 Å². The van der Waals surface area contributed by atoms with E-state index in [4.69, 9.17) is 0 Å². The molecule has 0 bridgehead atoms. The molecule has 2 N–H and O–H groups in total. The van der Waals surface area contributed by atoms with Gasteiger partial charge in [0.15, 0.2) is 0 Å². The Kier molecular flexibility index (Phi) is 5.24. The van der Waals surface area contributed by atoms with Gasteiger partial charge in [-0.05, 0) is 52.4 Å². The highest BCUT2D eigenvalue weighted by atomic mass is 32.2. The molecule has 0 aliphatic carbocycles. The van der Waals surface area contributed by atoms with Crippen LogP contribution in [0.15, 0.2) is 29.2 Å². The number of benzene rings is 1. The first kappa shape index (κ1) is 16.3. The van der Waals surface area contributed by atoms with E-state index >= 15 is 0 Å². The summed E-state index contributed by atoms with van der Waals surface area (Å²) in [5.74, 6) is 0. The first-order chi connectivity index (χ1) is 9.95. The van der Waals surface area contributed by atoms with Gasteiger partial charge in [0, 0.05) is 18.6 Å². The molecule has 1 fully saturated rings. The Morgan fingerprint density at radius 1 is 1.38 bits per heavy atom. The highest BCUT2D eigenvalue weighted by molar-refractivity contribution is 7.89. The average molecular weight is 311 g/mol. The number of nitrogens with zero attached hydrogens (tertiary/aromatic N) is 1. The largest absolute Gasteiger partial charge is 0.366 e. The van der Waals surface area contributed by atoms with Crippen LogP contribution in [0, 0.1) is 0 Å². The van der Waals surface area contributed by atoms with Gasteiger partial charge in [-0.3, -0.25) is 0 Å². The fourth-order valence-corrected chi connectivity index (χ4v) is 3.71. The summed E-state index contributed by atoms with van der Waals surface area (Å²) in [6, 6.07) is 7.87. The van der Waals surface area contributed by atoms with Crippen LogP contribution in [-0.4, -0.2) is 40.6 Å². The summed E-state index contributed by atoms with van der Waals surface area (Å²) in [7, 11) is -2.00. The Balaban J connectivity index is 2.36. The van der Waals surface area contributed by atoms with Crippen molar-refractivity contribution >= 4 is 15.7 Å². The third-order valence-electron chi connectivity index (χ3n) is 3.94. The maximum Gasteiger partial charge on any atom is 0.242 e. The van der Waals surface area contributed by atoms with Gasteiger partial charge in [0.1, 0.15) is 4.90 Å². The molecule has 1 saturated heterocycles. The van der Waals surface area contributed by atoms with E-state index in [1.54, 1.807) is 12.1 Å². The van der Waals surface area contributed by atoms with E-state index in [0.29, 0.717) is 10.9 Å². The van der Waals surface area contributed by atoms with Crippen LogP contribution in [0.3, 0.4) is 0 Å². The van der Waals surface area contributed by atoms with Gasteiger partial charge in [-0.25, -0.2) is 13.1 Å². The second-order valence-corrected chi connectivity index (χ2v) is 7.57. The van der Waals surface area contributed by atoms with Gasteiger partial charge in [-0.1, -0.05) is 12.1 Å². The van der Waals surface area contributed by atoms with Gasteiger partial charge in [0.05, 0.1) is 5.69 Å². The lowest BCUT2D eigenvalue weighted by Gasteiger charge is -2.33. The molecule has 0 radical (unpaired) electrons. The van der Waals surface area contributed by atoms with Crippen LogP contribution >= 0.6 is 0 Å². The van der Waals surface area contributed by atoms with Crippen molar-refractivity contribution in [3.63, 3.8) is 0 Å². The van der Waals surface area contributed by atoms with Gasteiger partial charge in [-0.2, -0.15) is 0 Å². The molecule has 1 heterocycles. The Morgan fingerprint density at radius 2 is 2.10 bits per heavy atom. The summed E-state index contributed by atoms with van der Waals surface area (Å²) in [5, 5.41) is 3.48. The molecule has 6 heteroatoms. The van der Waals surface area contributed by atoms with E-state index in [0.717, 1.165) is 25.2 Å². The van der Waals surface area contributed by atoms with Crippen LogP contribution in [-0.2, 0) is 10.0 Å². The second-order valence-electron chi connectivity index (χ2n) is 5.71. The Morgan fingerprint density at radius 3 is 2.67 bits per heavy atom. The number of nitrogens with one attached hydrogen (secondary N) is 2. The SMILES string of the molecule is CNS(=O)(=O)c1ccccc1N(CC1CCCN1)C(C)C. The third-order valence-corrected chi connectivity index (χ3v) is 5.40. The Hall–Kier alpha value is -1.11. The molecule has 1 aromatic carbocycles. The number of rotatable bonds is 6. The number of para-hydroxylation sites is 1.